The first kappa shape index (κ1) is 26.0. The van der Waals surface area contributed by atoms with Crippen LogP contribution in [0.5, 0.6) is 0 Å². The maximum atomic E-state index is 13.5. The lowest BCUT2D eigenvalue weighted by molar-refractivity contribution is -0.147. The lowest BCUT2D eigenvalue weighted by Gasteiger charge is -2.26. The highest BCUT2D eigenvalue weighted by Gasteiger charge is 2.22. The summed E-state index contributed by atoms with van der Waals surface area (Å²) in [6, 6.07) is 26.9. The molecule has 37 heavy (non-hydrogen) atoms. The van der Waals surface area contributed by atoms with E-state index in [4.69, 9.17) is 13.6 Å². The van der Waals surface area contributed by atoms with E-state index in [-0.39, 0.29) is 25.6 Å². The summed E-state index contributed by atoms with van der Waals surface area (Å²) in [7, 11) is 0. The second-order valence-corrected chi connectivity index (χ2v) is 8.93. The fourth-order valence-electron chi connectivity index (χ4n) is 4.01. The zero-order valence-corrected chi connectivity index (χ0v) is 21.0. The second kappa shape index (κ2) is 13.3. The van der Waals surface area contributed by atoms with Crippen LogP contribution in [0.1, 0.15) is 28.4 Å². The number of hydrogen-bond acceptors (Lipinski definition) is 6. The van der Waals surface area contributed by atoms with Gasteiger partial charge in [-0.15, -0.1) is 0 Å². The van der Waals surface area contributed by atoms with Gasteiger partial charge in [-0.3, -0.25) is 14.5 Å². The number of carbonyl (C=O) groups is 2. The van der Waals surface area contributed by atoms with Crippen LogP contribution in [0.2, 0.25) is 0 Å². The van der Waals surface area contributed by atoms with Crippen molar-refractivity contribution in [2.45, 2.75) is 33.0 Å². The third-order valence-electron chi connectivity index (χ3n) is 5.92. The molecule has 1 amide bonds. The maximum absolute atomic E-state index is 13.5. The van der Waals surface area contributed by atoms with E-state index in [0.29, 0.717) is 31.8 Å². The Morgan fingerprint density at radius 1 is 0.784 bits per heavy atom. The van der Waals surface area contributed by atoms with Crippen molar-refractivity contribution < 1.29 is 23.2 Å². The van der Waals surface area contributed by atoms with Gasteiger partial charge < -0.3 is 18.5 Å². The van der Waals surface area contributed by atoms with Crippen molar-refractivity contribution in [1.29, 1.82) is 0 Å². The van der Waals surface area contributed by atoms with Crippen molar-refractivity contribution in [3.8, 4) is 0 Å². The summed E-state index contributed by atoms with van der Waals surface area (Å²) in [5.74, 6) is 1.68. The van der Waals surface area contributed by atoms with E-state index in [1.165, 1.54) is 0 Å². The van der Waals surface area contributed by atoms with Crippen molar-refractivity contribution in [3.05, 3.63) is 120 Å². The first-order valence-electron chi connectivity index (χ1n) is 12.4. The number of furan rings is 2. The molecule has 0 aliphatic carbocycles. The van der Waals surface area contributed by atoms with E-state index < -0.39 is 5.97 Å². The number of rotatable bonds is 13. The van der Waals surface area contributed by atoms with E-state index in [1.807, 2.05) is 85.8 Å². The molecule has 0 bridgehead atoms. The highest BCUT2D eigenvalue weighted by Crippen LogP contribution is 2.13. The van der Waals surface area contributed by atoms with Gasteiger partial charge in [0.25, 0.3) is 0 Å². The Balaban J connectivity index is 1.42. The monoisotopic (exact) mass is 500 g/mol. The van der Waals surface area contributed by atoms with Gasteiger partial charge in [-0.2, -0.15) is 0 Å². The summed E-state index contributed by atoms with van der Waals surface area (Å²) >= 11 is 0. The van der Waals surface area contributed by atoms with Gasteiger partial charge in [0.05, 0.1) is 32.4 Å². The minimum atomic E-state index is -0.402. The summed E-state index contributed by atoms with van der Waals surface area (Å²) in [6.07, 6.45) is 2.29. The molecule has 0 aliphatic rings. The number of aryl methyl sites for hydroxylation is 1. The van der Waals surface area contributed by atoms with Gasteiger partial charge in [-0.1, -0.05) is 60.7 Å². The van der Waals surface area contributed by atoms with Crippen LogP contribution in [0.3, 0.4) is 0 Å². The van der Waals surface area contributed by atoms with Crippen LogP contribution in [0.15, 0.2) is 100 Å². The number of carbonyl (C=O) groups excluding carboxylic acids is 2. The van der Waals surface area contributed by atoms with Gasteiger partial charge in [-0.05, 0) is 48.7 Å². The molecule has 2 aromatic heterocycles. The van der Waals surface area contributed by atoms with E-state index >= 15 is 0 Å². The highest BCUT2D eigenvalue weighted by molar-refractivity contribution is 5.79. The zero-order chi connectivity index (χ0) is 25.9. The van der Waals surface area contributed by atoms with Crippen molar-refractivity contribution in [2.24, 2.45) is 0 Å². The molecule has 0 saturated carbocycles. The predicted octanol–water partition coefficient (Wildman–Crippen LogP) is 5.00. The van der Waals surface area contributed by atoms with Gasteiger partial charge in [0.15, 0.2) is 0 Å². The fourth-order valence-corrected chi connectivity index (χ4v) is 4.01. The average molecular weight is 501 g/mol. The van der Waals surface area contributed by atoms with Crippen LogP contribution in [-0.4, -0.2) is 41.3 Å². The van der Waals surface area contributed by atoms with Crippen molar-refractivity contribution in [3.63, 3.8) is 0 Å². The minimum absolute atomic E-state index is 0.0361. The molecule has 192 valence electrons. The zero-order valence-electron chi connectivity index (χ0n) is 21.0. The standard InChI is InChI=1S/C30H32N2O5/c1-24-14-15-28(37-24)20-32(17-16-25-9-4-2-5-10-25)29(33)21-31(19-27-13-8-18-35-27)22-30(34)36-23-26-11-6-3-7-12-26/h2-15,18H,16-17,19-23H2,1H3. The molecule has 2 aromatic carbocycles. The van der Waals surface area contributed by atoms with E-state index in [0.717, 1.165) is 22.6 Å². The summed E-state index contributed by atoms with van der Waals surface area (Å²) in [5, 5.41) is 0. The SMILES string of the molecule is Cc1ccc(CN(CCc2ccccc2)C(=O)CN(CC(=O)OCc2ccccc2)Cc2ccco2)o1. The molecule has 2 heterocycles. The largest absolute Gasteiger partial charge is 0.468 e. The normalized spacial score (nSPS) is 11.0. The number of hydrogen-bond donors (Lipinski definition) is 0. The van der Waals surface area contributed by atoms with Gasteiger partial charge in [0, 0.05) is 6.54 Å². The third kappa shape index (κ3) is 8.51. The summed E-state index contributed by atoms with van der Waals surface area (Å²) in [5.41, 5.74) is 2.05. The van der Waals surface area contributed by atoms with E-state index in [9.17, 15) is 9.59 Å². The molecule has 7 nitrogen and oxygen atoms in total. The third-order valence-corrected chi connectivity index (χ3v) is 5.92. The van der Waals surface area contributed by atoms with Crippen molar-refractivity contribution >= 4 is 11.9 Å². The van der Waals surface area contributed by atoms with E-state index in [2.05, 4.69) is 0 Å². The van der Waals surface area contributed by atoms with Crippen LogP contribution in [0.25, 0.3) is 0 Å². The fraction of sp³-hybridized carbons (Fsp3) is 0.267. The van der Waals surface area contributed by atoms with Gasteiger partial charge in [0.2, 0.25) is 5.91 Å². The molecular weight excluding hydrogens is 468 g/mol. The van der Waals surface area contributed by atoms with Gasteiger partial charge in [0.1, 0.15) is 23.9 Å². The molecule has 7 heteroatoms. The maximum Gasteiger partial charge on any atom is 0.320 e. The van der Waals surface area contributed by atoms with Crippen LogP contribution in [0, 0.1) is 6.92 Å². The van der Waals surface area contributed by atoms with Gasteiger partial charge in [-0.25, -0.2) is 0 Å². The highest BCUT2D eigenvalue weighted by atomic mass is 16.5. The van der Waals surface area contributed by atoms with Crippen LogP contribution < -0.4 is 0 Å². The molecule has 0 fully saturated rings. The minimum Gasteiger partial charge on any atom is -0.468 e. The molecule has 0 atom stereocenters. The number of esters is 1. The Hall–Kier alpha value is -4.10. The van der Waals surface area contributed by atoms with Crippen molar-refractivity contribution in [1.82, 2.24) is 9.80 Å². The van der Waals surface area contributed by atoms with E-state index in [1.54, 1.807) is 22.1 Å². The van der Waals surface area contributed by atoms with Crippen LogP contribution >= 0.6 is 0 Å². The molecule has 0 spiro atoms. The Kier molecular flexibility index (Phi) is 9.32. The average Bonchev–Trinajstić information content (AvgIpc) is 3.58. The molecular formula is C30H32N2O5. The number of ether oxygens (including phenoxy) is 1. The first-order valence-corrected chi connectivity index (χ1v) is 12.4. The quantitative estimate of drug-likeness (QED) is 0.241. The lowest BCUT2D eigenvalue weighted by Crippen LogP contribution is -2.42. The Labute approximate surface area is 217 Å². The second-order valence-electron chi connectivity index (χ2n) is 8.93. The summed E-state index contributed by atoms with van der Waals surface area (Å²) in [4.78, 5) is 29.7. The predicted molar refractivity (Wildman–Crippen MR) is 139 cm³/mol. The van der Waals surface area contributed by atoms with Crippen LogP contribution in [0.4, 0.5) is 0 Å². The first-order chi connectivity index (χ1) is 18.0. The summed E-state index contributed by atoms with van der Waals surface area (Å²) in [6.45, 7) is 3.25. The Morgan fingerprint density at radius 2 is 1.51 bits per heavy atom. The molecule has 0 N–H and O–H groups in total. The molecule has 4 aromatic rings. The Morgan fingerprint density at radius 3 is 2.16 bits per heavy atom. The molecule has 4 rings (SSSR count). The Bertz CT molecular complexity index is 1240. The number of benzene rings is 2. The van der Waals surface area contributed by atoms with Crippen molar-refractivity contribution in [2.75, 3.05) is 19.6 Å². The molecule has 0 aliphatic heterocycles. The van der Waals surface area contributed by atoms with Gasteiger partial charge >= 0.3 is 5.97 Å². The molecule has 0 saturated heterocycles. The smallest absolute Gasteiger partial charge is 0.320 e. The van der Waals surface area contributed by atoms with Crippen LogP contribution in [-0.2, 0) is 40.4 Å². The molecule has 0 radical (unpaired) electrons. The molecule has 0 unspecified atom stereocenters. The number of amides is 1. The number of nitrogens with zero attached hydrogens (tertiary/aromatic N) is 2. The summed E-state index contributed by atoms with van der Waals surface area (Å²) < 4.78 is 16.7. The lowest BCUT2D eigenvalue weighted by atomic mass is 10.1. The topological polar surface area (TPSA) is 76.1 Å².